The molecule has 0 bridgehead atoms. The molecule has 1 heterocycles. The normalized spacial score (nSPS) is 19.1. The Morgan fingerprint density at radius 1 is 1.48 bits per heavy atom. The molecule has 1 aromatic rings. The van der Waals surface area contributed by atoms with Gasteiger partial charge in [0.05, 0.1) is 9.92 Å². The smallest absolute Gasteiger partial charge is 0.240 e. The van der Waals surface area contributed by atoms with Crippen LogP contribution in [0.2, 0.25) is 5.02 Å². The first-order valence-electron chi connectivity index (χ1n) is 6.69. The molecule has 1 fully saturated rings. The first-order valence-corrected chi connectivity index (χ1v) is 8.55. The summed E-state index contributed by atoms with van der Waals surface area (Å²) in [5.74, 6) is -0.418. The molecule has 1 saturated heterocycles. The fourth-order valence-electron chi connectivity index (χ4n) is 2.21. The number of rotatable bonds is 6. The van der Waals surface area contributed by atoms with Crippen molar-refractivity contribution < 1.29 is 17.5 Å². The van der Waals surface area contributed by atoms with Gasteiger partial charge < -0.3 is 10.5 Å². The van der Waals surface area contributed by atoms with Crippen molar-refractivity contribution in [3.63, 3.8) is 0 Å². The van der Waals surface area contributed by atoms with E-state index in [4.69, 9.17) is 22.1 Å². The van der Waals surface area contributed by atoms with Crippen molar-refractivity contribution in [2.24, 2.45) is 11.7 Å². The summed E-state index contributed by atoms with van der Waals surface area (Å²) in [4.78, 5) is -0.160. The predicted molar refractivity (Wildman–Crippen MR) is 78.0 cm³/mol. The lowest BCUT2D eigenvalue weighted by Gasteiger charge is -2.11. The Bertz CT molecular complexity index is 604. The third-order valence-corrected chi connectivity index (χ3v) is 5.34. The summed E-state index contributed by atoms with van der Waals surface area (Å²) in [5.41, 5.74) is 5.70. The zero-order valence-corrected chi connectivity index (χ0v) is 13.0. The number of hydrogen-bond acceptors (Lipinski definition) is 4. The number of nitrogens with one attached hydrogen (secondary N) is 1. The maximum Gasteiger partial charge on any atom is 0.240 e. The minimum absolute atomic E-state index is 0.0292. The van der Waals surface area contributed by atoms with Gasteiger partial charge in [0.15, 0.2) is 0 Å². The van der Waals surface area contributed by atoms with Crippen LogP contribution in [-0.4, -0.2) is 28.2 Å². The van der Waals surface area contributed by atoms with Gasteiger partial charge in [-0.2, -0.15) is 0 Å². The largest absolute Gasteiger partial charge is 0.381 e. The number of halogens is 2. The van der Waals surface area contributed by atoms with E-state index in [1.807, 2.05) is 0 Å². The topological polar surface area (TPSA) is 81.4 Å². The number of hydrogen-bond donors (Lipinski definition) is 2. The molecule has 118 valence electrons. The highest BCUT2D eigenvalue weighted by Crippen LogP contribution is 2.24. The van der Waals surface area contributed by atoms with Gasteiger partial charge in [-0.1, -0.05) is 11.6 Å². The molecular formula is C13H18ClFN2O3S. The van der Waals surface area contributed by atoms with Gasteiger partial charge in [-0.3, -0.25) is 0 Å². The van der Waals surface area contributed by atoms with Crippen molar-refractivity contribution >= 4 is 21.6 Å². The fraction of sp³-hybridized carbons (Fsp3) is 0.538. The molecule has 1 unspecified atom stereocenters. The van der Waals surface area contributed by atoms with Crippen LogP contribution in [0.1, 0.15) is 18.4 Å². The first-order chi connectivity index (χ1) is 9.94. The van der Waals surface area contributed by atoms with Gasteiger partial charge in [0, 0.05) is 26.3 Å². The summed E-state index contributed by atoms with van der Waals surface area (Å²) in [6.45, 7) is 1.64. The molecule has 1 atom stereocenters. The second-order valence-corrected chi connectivity index (χ2v) is 7.14. The zero-order valence-electron chi connectivity index (χ0n) is 11.4. The minimum atomic E-state index is -3.77. The second kappa shape index (κ2) is 7.02. The Hall–Kier alpha value is -0.730. The lowest BCUT2D eigenvalue weighted by molar-refractivity contribution is 0.184. The highest BCUT2D eigenvalue weighted by molar-refractivity contribution is 7.89. The van der Waals surface area contributed by atoms with Gasteiger partial charge in [0.1, 0.15) is 5.82 Å². The van der Waals surface area contributed by atoms with Gasteiger partial charge in [0.25, 0.3) is 0 Å². The summed E-state index contributed by atoms with van der Waals surface area (Å²) in [5, 5.41) is -0.139. The Labute approximate surface area is 128 Å². The first kappa shape index (κ1) is 16.6. The molecular weight excluding hydrogens is 319 g/mol. The molecule has 3 N–H and O–H groups in total. The zero-order chi connectivity index (χ0) is 15.5. The molecule has 1 aliphatic heterocycles. The van der Waals surface area contributed by atoms with Crippen molar-refractivity contribution in [1.82, 2.24) is 4.72 Å². The maximum atomic E-state index is 13.6. The van der Waals surface area contributed by atoms with Crippen LogP contribution in [0.15, 0.2) is 17.0 Å². The number of ether oxygens (including phenoxy) is 1. The molecule has 0 spiro atoms. The van der Waals surface area contributed by atoms with Crippen molar-refractivity contribution in [1.29, 1.82) is 0 Å². The summed E-state index contributed by atoms with van der Waals surface area (Å²) in [6.07, 6.45) is 1.63. The molecule has 0 aliphatic carbocycles. The lowest BCUT2D eigenvalue weighted by atomic mass is 10.1. The third-order valence-electron chi connectivity index (χ3n) is 3.48. The Kier molecular flexibility index (Phi) is 5.56. The summed E-state index contributed by atoms with van der Waals surface area (Å²) < 4.78 is 45.6. The van der Waals surface area contributed by atoms with E-state index >= 15 is 0 Å². The van der Waals surface area contributed by atoms with Gasteiger partial charge in [-0.25, -0.2) is 17.5 Å². The minimum Gasteiger partial charge on any atom is -0.381 e. The van der Waals surface area contributed by atoms with Gasteiger partial charge in [-0.15, -0.1) is 0 Å². The average Bonchev–Trinajstić information content (AvgIpc) is 2.94. The molecule has 0 saturated carbocycles. The predicted octanol–water partition coefficient (Wildman–Crippen LogP) is 1.64. The van der Waals surface area contributed by atoms with Crippen molar-refractivity contribution in [2.45, 2.75) is 24.3 Å². The highest BCUT2D eigenvalue weighted by atomic mass is 35.5. The Morgan fingerprint density at radius 2 is 2.24 bits per heavy atom. The molecule has 5 nitrogen and oxygen atoms in total. The van der Waals surface area contributed by atoms with E-state index < -0.39 is 15.8 Å². The van der Waals surface area contributed by atoms with E-state index in [0.717, 1.165) is 19.1 Å². The van der Waals surface area contributed by atoms with Crippen molar-refractivity contribution in [3.8, 4) is 0 Å². The molecule has 8 heteroatoms. The molecule has 0 amide bonds. The molecule has 1 aromatic carbocycles. The van der Waals surface area contributed by atoms with Crippen molar-refractivity contribution in [3.05, 3.63) is 28.5 Å². The van der Waals surface area contributed by atoms with E-state index in [1.54, 1.807) is 0 Å². The SMILES string of the molecule is NCc1cc(S(=O)(=O)NCCC2CCOC2)cc(F)c1Cl. The Morgan fingerprint density at radius 3 is 2.86 bits per heavy atom. The van der Waals surface area contributed by atoms with Crippen LogP contribution < -0.4 is 10.5 Å². The number of sulfonamides is 1. The third kappa shape index (κ3) is 4.14. The maximum absolute atomic E-state index is 13.6. The van der Waals surface area contributed by atoms with Crippen LogP contribution >= 0.6 is 11.6 Å². The molecule has 2 rings (SSSR count). The van der Waals surface area contributed by atoms with Crippen LogP contribution in [-0.2, 0) is 21.3 Å². The molecule has 0 aromatic heterocycles. The van der Waals surface area contributed by atoms with E-state index in [2.05, 4.69) is 4.72 Å². The van der Waals surface area contributed by atoms with Gasteiger partial charge >= 0.3 is 0 Å². The fourth-order valence-corrected chi connectivity index (χ4v) is 3.51. The summed E-state index contributed by atoms with van der Waals surface area (Å²) >= 11 is 5.72. The van der Waals surface area contributed by atoms with E-state index in [1.165, 1.54) is 6.07 Å². The van der Waals surface area contributed by atoms with Crippen LogP contribution in [0.5, 0.6) is 0 Å². The van der Waals surface area contributed by atoms with E-state index in [0.29, 0.717) is 25.5 Å². The monoisotopic (exact) mass is 336 g/mol. The Balaban J connectivity index is 2.06. The van der Waals surface area contributed by atoms with Crippen LogP contribution in [0.3, 0.4) is 0 Å². The number of nitrogens with two attached hydrogens (primary N) is 1. The summed E-state index contributed by atoms with van der Waals surface area (Å²) in [7, 11) is -3.77. The second-order valence-electron chi connectivity index (χ2n) is 5.00. The standard InChI is InChI=1S/C13H18ClFN2O3S/c14-13-10(7-16)5-11(6-12(13)15)21(18,19)17-3-1-9-2-4-20-8-9/h5-6,9,17H,1-4,7-8,16H2. The van der Waals surface area contributed by atoms with E-state index in [9.17, 15) is 12.8 Å². The van der Waals surface area contributed by atoms with Crippen LogP contribution in [0.25, 0.3) is 0 Å². The molecule has 21 heavy (non-hydrogen) atoms. The lowest BCUT2D eigenvalue weighted by Crippen LogP contribution is -2.26. The number of benzene rings is 1. The average molecular weight is 337 g/mol. The molecule has 0 radical (unpaired) electrons. The van der Waals surface area contributed by atoms with Crippen molar-refractivity contribution in [2.75, 3.05) is 19.8 Å². The highest BCUT2D eigenvalue weighted by Gasteiger charge is 2.20. The molecule has 1 aliphatic rings. The van der Waals surface area contributed by atoms with E-state index in [-0.39, 0.29) is 22.0 Å². The van der Waals surface area contributed by atoms with Crippen LogP contribution in [0.4, 0.5) is 4.39 Å². The van der Waals surface area contributed by atoms with Gasteiger partial charge in [0.2, 0.25) is 10.0 Å². The van der Waals surface area contributed by atoms with Crippen LogP contribution in [0, 0.1) is 11.7 Å². The quantitative estimate of drug-likeness (QED) is 0.827. The summed E-state index contributed by atoms with van der Waals surface area (Å²) in [6, 6.07) is 2.20. The van der Waals surface area contributed by atoms with Gasteiger partial charge in [-0.05, 0) is 36.5 Å².